The first-order chi connectivity index (χ1) is 27.4. The van der Waals surface area contributed by atoms with Crippen LogP contribution in [0.4, 0.5) is 0 Å². The first-order valence-electron chi connectivity index (χ1n) is 23.5. The predicted octanol–water partition coefficient (Wildman–Crippen LogP) is 13.6. The van der Waals surface area contributed by atoms with Gasteiger partial charge in [-0.3, -0.25) is 9.59 Å². The summed E-state index contributed by atoms with van der Waals surface area (Å²) in [5, 5.41) is 12.0. The van der Waals surface area contributed by atoms with Crippen molar-refractivity contribution in [2.75, 3.05) is 6.54 Å². The zero-order valence-electron chi connectivity index (χ0n) is 36.5. The van der Waals surface area contributed by atoms with E-state index < -0.39 is 12.0 Å². The molecule has 4 N–H and O–H groups in total. The number of ether oxygens (including phenoxy) is 1. The molecule has 0 aliphatic heterocycles. The van der Waals surface area contributed by atoms with E-state index >= 15 is 0 Å². The molecule has 1 amide bonds. The fourth-order valence-corrected chi connectivity index (χ4v) is 6.91. The Morgan fingerprint density at radius 1 is 0.536 bits per heavy atom. The molecule has 0 aromatic rings. The summed E-state index contributed by atoms with van der Waals surface area (Å²) in [5.41, 5.74) is 5.49. The van der Waals surface area contributed by atoms with Gasteiger partial charge >= 0.3 is 11.9 Å². The van der Waals surface area contributed by atoms with Crippen molar-refractivity contribution in [3.05, 3.63) is 48.6 Å². The Bertz CT molecular complexity index is 1020. The minimum Gasteiger partial charge on any atom is -0.480 e. The topological polar surface area (TPSA) is 119 Å². The van der Waals surface area contributed by atoms with Crippen molar-refractivity contribution in [2.24, 2.45) is 5.73 Å². The molecular formula is C49H88N2O5. The van der Waals surface area contributed by atoms with Gasteiger partial charge < -0.3 is 20.9 Å². The fourth-order valence-electron chi connectivity index (χ4n) is 6.91. The van der Waals surface area contributed by atoms with Crippen LogP contribution < -0.4 is 11.1 Å². The lowest BCUT2D eigenvalue weighted by molar-refractivity contribution is -0.150. The van der Waals surface area contributed by atoms with Crippen molar-refractivity contribution in [3.63, 3.8) is 0 Å². The zero-order valence-corrected chi connectivity index (χ0v) is 36.5. The summed E-state index contributed by atoms with van der Waals surface area (Å²) in [5.74, 6) is -1.27. The van der Waals surface area contributed by atoms with Gasteiger partial charge in [-0.25, -0.2) is 4.79 Å². The van der Waals surface area contributed by atoms with Crippen LogP contribution in [0.25, 0.3) is 0 Å². The summed E-state index contributed by atoms with van der Waals surface area (Å²) < 4.78 is 6.05. The molecule has 0 radical (unpaired) electrons. The molecule has 0 spiro atoms. The largest absolute Gasteiger partial charge is 0.480 e. The molecule has 0 bridgehead atoms. The molecule has 0 fully saturated rings. The predicted molar refractivity (Wildman–Crippen MR) is 239 cm³/mol. The van der Waals surface area contributed by atoms with Crippen molar-refractivity contribution < 1.29 is 24.2 Å². The van der Waals surface area contributed by atoms with Gasteiger partial charge in [-0.05, 0) is 96.4 Å². The van der Waals surface area contributed by atoms with E-state index in [0.29, 0.717) is 32.2 Å². The van der Waals surface area contributed by atoms with Gasteiger partial charge in [-0.15, -0.1) is 0 Å². The number of nitrogens with one attached hydrogen (secondary N) is 1. The van der Waals surface area contributed by atoms with Gasteiger partial charge in [-0.2, -0.15) is 0 Å². The van der Waals surface area contributed by atoms with E-state index in [1.54, 1.807) is 0 Å². The molecule has 7 nitrogen and oxygen atoms in total. The van der Waals surface area contributed by atoms with E-state index in [-0.39, 0.29) is 18.0 Å². The number of esters is 1. The summed E-state index contributed by atoms with van der Waals surface area (Å²) in [6, 6.07) is -0.860. The molecule has 0 rings (SSSR count). The number of carbonyl (C=O) groups excluding carboxylic acids is 2. The maximum atomic E-state index is 12.8. The molecule has 0 saturated heterocycles. The van der Waals surface area contributed by atoms with Crippen LogP contribution in [0.1, 0.15) is 226 Å². The number of amides is 1. The third-order valence-corrected chi connectivity index (χ3v) is 10.4. The molecule has 2 atom stereocenters. The number of aliphatic carboxylic acids is 1. The van der Waals surface area contributed by atoms with E-state index in [1.807, 2.05) is 0 Å². The second-order valence-electron chi connectivity index (χ2n) is 15.8. The van der Waals surface area contributed by atoms with Crippen molar-refractivity contribution in [1.82, 2.24) is 5.32 Å². The third-order valence-electron chi connectivity index (χ3n) is 10.4. The molecular weight excluding hydrogens is 697 g/mol. The van der Waals surface area contributed by atoms with Gasteiger partial charge in [0.15, 0.2) is 0 Å². The van der Waals surface area contributed by atoms with Gasteiger partial charge in [0.2, 0.25) is 5.91 Å². The molecule has 0 aliphatic carbocycles. The molecule has 7 heteroatoms. The Morgan fingerprint density at radius 2 is 0.982 bits per heavy atom. The summed E-state index contributed by atoms with van der Waals surface area (Å²) >= 11 is 0. The second-order valence-corrected chi connectivity index (χ2v) is 15.8. The third kappa shape index (κ3) is 39.6. The number of hydrogen-bond donors (Lipinski definition) is 3. The Labute approximate surface area is 345 Å². The van der Waals surface area contributed by atoms with E-state index in [4.69, 9.17) is 10.5 Å². The van der Waals surface area contributed by atoms with Crippen LogP contribution in [0.5, 0.6) is 0 Å². The molecule has 56 heavy (non-hydrogen) atoms. The number of carboxylic acids is 1. The maximum absolute atomic E-state index is 12.8. The van der Waals surface area contributed by atoms with Crippen LogP contribution >= 0.6 is 0 Å². The minimum absolute atomic E-state index is 0.00828. The zero-order chi connectivity index (χ0) is 41.0. The molecule has 0 aliphatic rings. The summed E-state index contributed by atoms with van der Waals surface area (Å²) in [4.78, 5) is 36.4. The number of allylic oxidation sites excluding steroid dienone is 8. The highest BCUT2D eigenvalue weighted by atomic mass is 16.5. The molecule has 2 unspecified atom stereocenters. The Hall–Kier alpha value is -2.67. The second kappa shape index (κ2) is 43.5. The summed E-state index contributed by atoms with van der Waals surface area (Å²) in [6.45, 7) is 4.84. The van der Waals surface area contributed by atoms with Crippen LogP contribution in [0.2, 0.25) is 0 Å². The molecule has 324 valence electrons. The van der Waals surface area contributed by atoms with E-state index in [1.165, 1.54) is 89.9 Å². The smallest absolute Gasteiger partial charge is 0.326 e. The number of unbranched alkanes of at least 4 members (excludes halogenated alkanes) is 20. The van der Waals surface area contributed by atoms with Crippen molar-refractivity contribution in [3.8, 4) is 0 Å². The number of nitrogens with two attached hydrogens (primary N) is 1. The van der Waals surface area contributed by atoms with Gasteiger partial charge in [0.1, 0.15) is 12.1 Å². The highest BCUT2D eigenvalue weighted by molar-refractivity contribution is 5.83. The number of hydrogen-bond acceptors (Lipinski definition) is 5. The van der Waals surface area contributed by atoms with Crippen molar-refractivity contribution >= 4 is 17.8 Å². The Kier molecular flexibility index (Phi) is 41.4. The number of rotatable bonds is 42. The van der Waals surface area contributed by atoms with Crippen LogP contribution in [0.15, 0.2) is 48.6 Å². The van der Waals surface area contributed by atoms with E-state index in [0.717, 1.165) is 96.3 Å². The van der Waals surface area contributed by atoms with Crippen LogP contribution in [0.3, 0.4) is 0 Å². The van der Waals surface area contributed by atoms with Gasteiger partial charge in [0, 0.05) is 12.8 Å². The Balaban J connectivity index is 4.39. The van der Waals surface area contributed by atoms with Crippen LogP contribution in [-0.4, -0.2) is 41.6 Å². The average Bonchev–Trinajstić information content (AvgIpc) is 3.18. The minimum atomic E-state index is -1.01. The van der Waals surface area contributed by atoms with Crippen molar-refractivity contribution in [2.45, 2.75) is 238 Å². The van der Waals surface area contributed by atoms with Crippen LogP contribution in [0, 0.1) is 0 Å². The SMILES string of the molecule is CC/C=C\C/C=C\C/C=C\C/C=C\CCCCC(=O)OC(CCCCCCCCCCCCCCCCC)CCCCCCCC(=O)NC(CCCN)C(=O)O. The number of carboxylic acid groups (broad SMARTS) is 1. The number of carbonyl (C=O) groups is 3. The van der Waals surface area contributed by atoms with Crippen molar-refractivity contribution in [1.29, 1.82) is 0 Å². The average molecular weight is 785 g/mol. The standard InChI is InChI=1S/C49H88N2O5/c1-3-5-7-9-11-13-15-17-19-21-23-25-27-30-34-39-45(40-35-31-29-32-36-42-47(52)51-46(49(54)55)41-38-44-50)56-48(53)43-37-33-28-26-24-22-20-18-16-14-12-10-8-6-4-2/h6,8,12,14,18,20,24,26,45-46H,3-5,7,9-11,13,15-17,19,21-23,25,27-44,50H2,1-2H3,(H,51,52)(H,54,55)/b8-6-,14-12-,20-18-,26-24-. The fraction of sp³-hybridized carbons (Fsp3) is 0.776. The van der Waals surface area contributed by atoms with Gasteiger partial charge in [0.05, 0.1) is 0 Å². The molecule has 0 aromatic heterocycles. The van der Waals surface area contributed by atoms with Gasteiger partial charge in [0.25, 0.3) is 0 Å². The normalized spacial score (nSPS) is 13.1. The van der Waals surface area contributed by atoms with Crippen LogP contribution in [-0.2, 0) is 19.1 Å². The molecule has 0 aromatic carbocycles. The van der Waals surface area contributed by atoms with E-state index in [9.17, 15) is 19.5 Å². The first-order valence-corrected chi connectivity index (χ1v) is 23.5. The highest BCUT2D eigenvalue weighted by Crippen LogP contribution is 2.19. The summed E-state index contributed by atoms with van der Waals surface area (Å²) in [6.07, 6.45) is 53.0. The van der Waals surface area contributed by atoms with E-state index in [2.05, 4.69) is 67.8 Å². The lowest BCUT2D eigenvalue weighted by Crippen LogP contribution is -2.40. The lowest BCUT2D eigenvalue weighted by atomic mass is 10.0. The monoisotopic (exact) mass is 785 g/mol. The first kappa shape index (κ1) is 53.3. The molecule has 0 heterocycles. The quantitative estimate of drug-likeness (QED) is 0.0322. The lowest BCUT2D eigenvalue weighted by Gasteiger charge is -2.18. The summed E-state index contributed by atoms with van der Waals surface area (Å²) in [7, 11) is 0. The highest BCUT2D eigenvalue weighted by Gasteiger charge is 2.19. The maximum Gasteiger partial charge on any atom is 0.326 e. The van der Waals surface area contributed by atoms with Gasteiger partial charge in [-0.1, -0.05) is 172 Å². The molecule has 0 saturated carbocycles. The Morgan fingerprint density at radius 3 is 1.46 bits per heavy atom.